The molecule has 1 fully saturated rings. The van der Waals surface area contributed by atoms with Gasteiger partial charge in [-0.15, -0.1) is 0 Å². The summed E-state index contributed by atoms with van der Waals surface area (Å²) in [5, 5.41) is 13.6. The summed E-state index contributed by atoms with van der Waals surface area (Å²) in [6.07, 6.45) is 2.77. The molecule has 14 heavy (non-hydrogen) atoms. The van der Waals surface area contributed by atoms with E-state index in [1.54, 1.807) is 0 Å². The molecular formula is C11H14ClNO. The van der Waals surface area contributed by atoms with Crippen molar-refractivity contribution in [2.75, 3.05) is 5.32 Å². The topological polar surface area (TPSA) is 32.3 Å². The molecule has 1 aromatic carbocycles. The summed E-state index contributed by atoms with van der Waals surface area (Å²) in [6, 6.07) is 7.79. The van der Waals surface area contributed by atoms with Gasteiger partial charge in [0.05, 0.1) is 22.9 Å². The molecule has 0 spiro atoms. The van der Waals surface area contributed by atoms with Gasteiger partial charge in [-0.3, -0.25) is 0 Å². The Hall–Kier alpha value is -0.730. The van der Waals surface area contributed by atoms with Crippen LogP contribution in [0, 0.1) is 0 Å². The lowest BCUT2D eigenvalue weighted by atomic mass is 10.2. The van der Waals surface area contributed by atoms with Gasteiger partial charge in [0, 0.05) is 0 Å². The van der Waals surface area contributed by atoms with Crippen molar-refractivity contribution in [3.8, 4) is 0 Å². The van der Waals surface area contributed by atoms with Gasteiger partial charge < -0.3 is 10.4 Å². The van der Waals surface area contributed by atoms with Crippen LogP contribution in [0.15, 0.2) is 24.3 Å². The summed E-state index contributed by atoms with van der Waals surface area (Å²) in [5.41, 5.74) is 0.917. The monoisotopic (exact) mass is 211 g/mol. The fraction of sp³-hybridized carbons (Fsp3) is 0.455. The average Bonchev–Trinajstić information content (AvgIpc) is 2.56. The molecule has 0 heterocycles. The van der Waals surface area contributed by atoms with Gasteiger partial charge in [-0.05, 0) is 31.4 Å². The summed E-state index contributed by atoms with van der Waals surface area (Å²) in [4.78, 5) is 0. The SMILES string of the molecule is O[C@@H]1CCC[C@H]1Nc1ccccc1Cl. The Morgan fingerprint density at radius 3 is 2.71 bits per heavy atom. The largest absolute Gasteiger partial charge is 0.391 e. The van der Waals surface area contributed by atoms with Crippen molar-refractivity contribution in [1.29, 1.82) is 0 Å². The van der Waals surface area contributed by atoms with E-state index in [1.165, 1.54) is 0 Å². The van der Waals surface area contributed by atoms with Crippen LogP contribution >= 0.6 is 11.6 Å². The maximum absolute atomic E-state index is 9.64. The molecule has 0 aliphatic heterocycles. The van der Waals surface area contributed by atoms with Crippen LogP contribution in [0.2, 0.25) is 5.02 Å². The lowest BCUT2D eigenvalue weighted by molar-refractivity contribution is 0.172. The summed E-state index contributed by atoms with van der Waals surface area (Å²) < 4.78 is 0. The molecule has 1 aromatic rings. The number of nitrogens with one attached hydrogen (secondary N) is 1. The standard InChI is InChI=1S/C11H14ClNO/c12-8-4-1-2-5-9(8)13-10-6-3-7-11(10)14/h1-2,4-5,10-11,13-14H,3,6-7H2/t10-,11-/m1/s1. The van der Waals surface area contributed by atoms with Crippen LogP contribution in [0.25, 0.3) is 0 Å². The van der Waals surface area contributed by atoms with E-state index in [2.05, 4.69) is 5.32 Å². The number of halogens is 1. The second-order valence-electron chi connectivity index (χ2n) is 3.73. The van der Waals surface area contributed by atoms with Crippen molar-refractivity contribution < 1.29 is 5.11 Å². The highest BCUT2D eigenvalue weighted by Gasteiger charge is 2.25. The minimum absolute atomic E-state index is 0.162. The number of hydrogen-bond acceptors (Lipinski definition) is 2. The summed E-state index contributed by atoms with van der Waals surface area (Å²) in [7, 11) is 0. The normalized spacial score (nSPS) is 26.4. The number of anilines is 1. The number of para-hydroxylation sites is 1. The lowest BCUT2D eigenvalue weighted by Crippen LogP contribution is -2.27. The Bertz CT molecular complexity index is 316. The smallest absolute Gasteiger partial charge is 0.0741 e. The summed E-state index contributed by atoms with van der Waals surface area (Å²) in [5.74, 6) is 0. The summed E-state index contributed by atoms with van der Waals surface area (Å²) >= 11 is 6.01. The van der Waals surface area contributed by atoms with Crippen molar-refractivity contribution in [1.82, 2.24) is 0 Å². The highest BCUT2D eigenvalue weighted by molar-refractivity contribution is 6.33. The van der Waals surface area contributed by atoms with Gasteiger partial charge in [-0.25, -0.2) is 0 Å². The molecule has 2 atom stereocenters. The Labute approximate surface area is 88.9 Å². The van der Waals surface area contributed by atoms with Crippen LogP contribution in [-0.4, -0.2) is 17.3 Å². The van der Waals surface area contributed by atoms with Crippen LogP contribution in [0.4, 0.5) is 5.69 Å². The zero-order valence-corrected chi connectivity index (χ0v) is 8.67. The van der Waals surface area contributed by atoms with Crippen LogP contribution < -0.4 is 5.32 Å². The van der Waals surface area contributed by atoms with Gasteiger partial charge in [-0.2, -0.15) is 0 Å². The van der Waals surface area contributed by atoms with Crippen LogP contribution in [0.5, 0.6) is 0 Å². The Balaban J connectivity index is 2.07. The van der Waals surface area contributed by atoms with Crippen molar-refractivity contribution >= 4 is 17.3 Å². The molecule has 2 N–H and O–H groups in total. The van der Waals surface area contributed by atoms with Gasteiger partial charge in [0.1, 0.15) is 0 Å². The zero-order valence-electron chi connectivity index (χ0n) is 7.91. The van der Waals surface area contributed by atoms with E-state index >= 15 is 0 Å². The number of aliphatic hydroxyl groups excluding tert-OH is 1. The molecular weight excluding hydrogens is 198 g/mol. The summed E-state index contributed by atoms with van der Waals surface area (Å²) in [6.45, 7) is 0. The van der Waals surface area contributed by atoms with Gasteiger partial charge >= 0.3 is 0 Å². The Morgan fingerprint density at radius 2 is 2.07 bits per heavy atom. The quantitative estimate of drug-likeness (QED) is 0.789. The van der Waals surface area contributed by atoms with E-state index in [-0.39, 0.29) is 12.1 Å². The zero-order chi connectivity index (χ0) is 9.97. The number of aliphatic hydroxyl groups is 1. The third-order valence-corrected chi connectivity index (χ3v) is 3.02. The first-order valence-electron chi connectivity index (χ1n) is 4.96. The fourth-order valence-corrected chi connectivity index (χ4v) is 2.08. The second kappa shape index (κ2) is 4.20. The molecule has 3 heteroatoms. The van der Waals surface area contributed by atoms with E-state index < -0.39 is 0 Å². The van der Waals surface area contributed by atoms with Gasteiger partial charge in [0.25, 0.3) is 0 Å². The van der Waals surface area contributed by atoms with Crippen LogP contribution in [-0.2, 0) is 0 Å². The first-order chi connectivity index (χ1) is 6.77. The molecule has 1 saturated carbocycles. The maximum atomic E-state index is 9.64. The second-order valence-corrected chi connectivity index (χ2v) is 4.14. The highest BCUT2D eigenvalue weighted by Crippen LogP contribution is 2.26. The molecule has 1 aliphatic rings. The van der Waals surface area contributed by atoms with Crippen LogP contribution in [0.1, 0.15) is 19.3 Å². The molecule has 0 radical (unpaired) electrons. The average molecular weight is 212 g/mol. The van der Waals surface area contributed by atoms with Crippen LogP contribution in [0.3, 0.4) is 0 Å². The first-order valence-corrected chi connectivity index (χ1v) is 5.34. The molecule has 2 rings (SSSR count). The molecule has 1 aliphatic carbocycles. The van der Waals surface area contributed by atoms with Crippen molar-refractivity contribution in [3.63, 3.8) is 0 Å². The first kappa shape index (κ1) is 9.81. The lowest BCUT2D eigenvalue weighted by Gasteiger charge is -2.18. The van der Waals surface area contributed by atoms with Gasteiger partial charge in [-0.1, -0.05) is 23.7 Å². The molecule has 0 unspecified atom stereocenters. The number of rotatable bonds is 2. The number of hydrogen-bond donors (Lipinski definition) is 2. The van der Waals surface area contributed by atoms with Crippen molar-refractivity contribution in [2.45, 2.75) is 31.4 Å². The van der Waals surface area contributed by atoms with Gasteiger partial charge in [0.15, 0.2) is 0 Å². The van der Waals surface area contributed by atoms with Crippen molar-refractivity contribution in [3.05, 3.63) is 29.3 Å². The third kappa shape index (κ3) is 2.02. The Morgan fingerprint density at radius 1 is 1.29 bits per heavy atom. The van der Waals surface area contributed by atoms with E-state index in [9.17, 15) is 5.11 Å². The van der Waals surface area contributed by atoms with E-state index in [0.717, 1.165) is 24.9 Å². The Kier molecular flexibility index (Phi) is 2.94. The molecule has 76 valence electrons. The fourth-order valence-electron chi connectivity index (χ4n) is 1.89. The minimum atomic E-state index is -0.230. The van der Waals surface area contributed by atoms with E-state index in [4.69, 9.17) is 11.6 Å². The minimum Gasteiger partial charge on any atom is -0.391 e. The predicted molar refractivity (Wildman–Crippen MR) is 58.7 cm³/mol. The third-order valence-electron chi connectivity index (χ3n) is 2.69. The van der Waals surface area contributed by atoms with Crippen molar-refractivity contribution in [2.24, 2.45) is 0 Å². The predicted octanol–water partition coefficient (Wildman–Crippen LogP) is 2.67. The van der Waals surface area contributed by atoms with Gasteiger partial charge in [0.2, 0.25) is 0 Å². The molecule has 0 saturated heterocycles. The number of benzene rings is 1. The molecule has 2 nitrogen and oxygen atoms in total. The highest BCUT2D eigenvalue weighted by atomic mass is 35.5. The maximum Gasteiger partial charge on any atom is 0.0741 e. The molecule has 0 aromatic heterocycles. The molecule has 0 amide bonds. The molecule has 0 bridgehead atoms. The van der Waals surface area contributed by atoms with E-state index in [1.807, 2.05) is 24.3 Å². The van der Waals surface area contributed by atoms with E-state index in [0.29, 0.717) is 5.02 Å².